The van der Waals surface area contributed by atoms with Crippen molar-refractivity contribution in [3.63, 3.8) is 0 Å². The van der Waals surface area contributed by atoms with Gasteiger partial charge in [-0.1, -0.05) is 18.2 Å². The normalized spacial score (nSPS) is 25.7. The van der Waals surface area contributed by atoms with Crippen molar-refractivity contribution in [2.75, 3.05) is 36.0 Å². The van der Waals surface area contributed by atoms with E-state index in [2.05, 4.69) is 34.5 Å². The van der Waals surface area contributed by atoms with Crippen LogP contribution in [-0.4, -0.2) is 41.4 Å². The van der Waals surface area contributed by atoms with Gasteiger partial charge in [0, 0.05) is 47.1 Å². The fraction of sp³-hybridized carbons (Fsp3) is 0.625. The molecule has 0 bridgehead atoms. The number of fused-ring (bicyclic) bond motifs is 1. The average molecular weight is 292 g/mol. The highest BCUT2D eigenvalue weighted by atomic mass is 32.2. The lowest BCUT2D eigenvalue weighted by Crippen LogP contribution is -2.37. The number of hydrogen-bond donors (Lipinski definition) is 1. The van der Waals surface area contributed by atoms with E-state index in [1.165, 1.54) is 30.6 Å². The lowest BCUT2D eigenvalue weighted by atomic mass is 10.1. The molecule has 0 radical (unpaired) electrons. The zero-order valence-electron chi connectivity index (χ0n) is 12.0. The van der Waals surface area contributed by atoms with Crippen LogP contribution in [0.3, 0.4) is 0 Å². The largest absolute Gasteiger partial charge is 0.371 e. The third kappa shape index (κ3) is 3.41. The number of benzene rings is 1. The molecule has 4 heteroatoms. The molecule has 0 aliphatic carbocycles. The van der Waals surface area contributed by atoms with Crippen LogP contribution in [0.4, 0.5) is 5.69 Å². The number of nitrogens with one attached hydrogen (secondary N) is 1. The van der Waals surface area contributed by atoms with Gasteiger partial charge >= 0.3 is 0 Å². The summed E-state index contributed by atoms with van der Waals surface area (Å²) in [6.07, 6.45) is 4.55. The molecule has 0 spiro atoms. The van der Waals surface area contributed by atoms with E-state index in [-0.39, 0.29) is 0 Å². The van der Waals surface area contributed by atoms with Gasteiger partial charge in [0.25, 0.3) is 0 Å². The lowest BCUT2D eigenvalue weighted by molar-refractivity contribution is 0.471. The average Bonchev–Trinajstić information content (AvgIpc) is 2.89. The molecule has 2 heterocycles. The lowest BCUT2D eigenvalue weighted by Gasteiger charge is -2.24. The highest BCUT2D eigenvalue weighted by Gasteiger charge is 2.19. The summed E-state index contributed by atoms with van der Waals surface area (Å²) in [4.78, 5) is 2.51. The van der Waals surface area contributed by atoms with Crippen LogP contribution in [0.5, 0.6) is 0 Å². The van der Waals surface area contributed by atoms with Crippen LogP contribution in [-0.2, 0) is 17.2 Å². The first-order valence-corrected chi connectivity index (χ1v) is 9.23. The van der Waals surface area contributed by atoms with Crippen LogP contribution in [0.25, 0.3) is 0 Å². The molecule has 3 rings (SSSR count). The van der Waals surface area contributed by atoms with E-state index in [0.717, 1.165) is 37.4 Å². The van der Waals surface area contributed by atoms with Gasteiger partial charge in [-0.3, -0.25) is 4.21 Å². The molecule has 0 atom stereocenters. The zero-order chi connectivity index (χ0) is 13.8. The van der Waals surface area contributed by atoms with Crippen molar-refractivity contribution in [1.29, 1.82) is 0 Å². The van der Waals surface area contributed by atoms with Crippen LogP contribution in [0.1, 0.15) is 24.8 Å². The van der Waals surface area contributed by atoms with Crippen molar-refractivity contribution >= 4 is 16.5 Å². The van der Waals surface area contributed by atoms with Crippen molar-refractivity contribution in [3.8, 4) is 0 Å². The number of hydrogen-bond acceptors (Lipinski definition) is 3. The molecule has 1 fully saturated rings. The second-order valence-corrected chi connectivity index (χ2v) is 7.49. The predicted molar refractivity (Wildman–Crippen MR) is 85.9 cm³/mol. The molecule has 20 heavy (non-hydrogen) atoms. The second-order valence-electron chi connectivity index (χ2n) is 5.80. The van der Waals surface area contributed by atoms with Crippen molar-refractivity contribution in [1.82, 2.24) is 5.32 Å². The predicted octanol–water partition coefficient (Wildman–Crippen LogP) is 1.94. The second kappa shape index (κ2) is 6.72. The molecule has 3 nitrogen and oxygen atoms in total. The Labute approximate surface area is 124 Å². The Balaban J connectivity index is 1.38. The summed E-state index contributed by atoms with van der Waals surface area (Å²) >= 11 is 0. The smallest absolute Gasteiger partial charge is 0.0399 e. The molecular formula is C16H24N2OS. The quantitative estimate of drug-likeness (QED) is 0.842. The maximum absolute atomic E-state index is 11.3. The summed E-state index contributed by atoms with van der Waals surface area (Å²) in [6, 6.07) is 9.36. The molecule has 2 aliphatic rings. The Bertz CT molecular complexity index is 467. The summed E-state index contributed by atoms with van der Waals surface area (Å²) in [5.41, 5.74) is 2.93. The number of anilines is 1. The minimum atomic E-state index is -0.543. The number of nitrogens with zero attached hydrogens (tertiary/aromatic N) is 1. The SMILES string of the molecule is O=S1CCC(NCCCN2CCc3ccccc32)CC1. The van der Waals surface area contributed by atoms with E-state index in [0.29, 0.717) is 6.04 Å². The third-order valence-corrected chi connectivity index (χ3v) is 5.79. The van der Waals surface area contributed by atoms with Gasteiger partial charge in [-0.2, -0.15) is 0 Å². The van der Waals surface area contributed by atoms with Crippen molar-refractivity contribution in [2.24, 2.45) is 0 Å². The summed E-state index contributed by atoms with van der Waals surface area (Å²) < 4.78 is 11.3. The van der Waals surface area contributed by atoms with Gasteiger partial charge in [0.2, 0.25) is 0 Å². The molecule has 0 unspecified atom stereocenters. The first-order chi connectivity index (χ1) is 9.83. The van der Waals surface area contributed by atoms with Gasteiger partial charge in [0.1, 0.15) is 0 Å². The van der Waals surface area contributed by atoms with E-state index >= 15 is 0 Å². The van der Waals surface area contributed by atoms with Crippen molar-refractivity contribution in [3.05, 3.63) is 29.8 Å². The molecular weight excluding hydrogens is 268 g/mol. The Hall–Kier alpha value is -0.870. The minimum absolute atomic E-state index is 0.543. The van der Waals surface area contributed by atoms with Gasteiger partial charge in [0.15, 0.2) is 0 Å². The van der Waals surface area contributed by atoms with E-state index in [9.17, 15) is 4.21 Å². The molecule has 0 amide bonds. The Morgan fingerprint density at radius 1 is 1.25 bits per heavy atom. The number of rotatable bonds is 5. The van der Waals surface area contributed by atoms with Gasteiger partial charge < -0.3 is 10.2 Å². The monoisotopic (exact) mass is 292 g/mol. The summed E-state index contributed by atoms with van der Waals surface area (Å²) in [5, 5.41) is 3.63. The van der Waals surface area contributed by atoms with Crippen LogP contribution < -0.4 is 10.2 Å². The van der Waals surface area contributed by atoms with Gasteiger partial charge in [-0.05, 0) is 43.9 Å². The molecule has 1 aromatic rings. The van der Waals surface area contributed by atoms with Crippen LogP contribution >= 0.6 is 0 Å². The van der Waals surface area contributed by atoms with Gasteiger partial charge in [-0.15, -0.1) is 0 Å². The van der Waals surface area contributed by atoms with E-state index in [4.69, 9.17) is 0 Å². The first-order valence-electron chi connectivity index (χ1n) is 7.74. The Morgan fingerprint density at radius 3 is 2.90 bits per heavy atom. The molecule has 1 N–H and O–H groups in total. The van der Waals surface area contributed by atoms with Crippen molar-refractivity contribution in [2.45, 2.75) is 31.7 Å². The van der Waals surface area contributed by atoms with Crippen molar-refractivity contribution < 1.29 is 4.21 Å². The molecule has 2 aliphatic heterocycles. The van der Waals surface area contributed by atoms with E-state index in [1.807, 2.05) is 0 Å². The topological polar surface area (TPSA) is 32.3 Å². The molecule has 0 aromatic heterocycles. The number of para-hydroxylation sites is 1. The standard InChI is InChI=1S/C16H24N2OS/c19-20-12-7-15(8-13-20)17-9-3-10-18-11-6-14-4-1-2-5-16(14)18/h1-2,4-5,15,17H,3,6-13H2. The Morgan fingerprint density at radius 2 is 2.05 bits per heavy atom. The fourth-order valence-electron chi connectivity index (χ4n) is 3.21. The first kappa shape index (κ1) is 14.1. The summed E-state index contributed by atoms with van der Waals surface area (Å²) in [5.74, 6) is 1.77. The molecule has 0 saturated carbocycles. The fourth-order valence-corrected chi connectivity index (χ4v) is 4.51. The summed E-state index contributed by atoms with van der Waals surface area (Å²) in [6.45, 7) is 3.39. The van der Waals surface area contributed by atoms with Gasteiger partial charge in [0.05, 0.1) is 0 Å². The van der Waals surface area contributed by atoms with Crippen LogP contribution in [0, 0.1) is 0 Å². The zero-order valence-corrected chi connectivity index (χ0v) is 12.8. The van der Waals surface area contributed by atoms with Gasteiger partial charge in [-0.25, -0.2) is 0 Å². The minimum Gasteiger partial charge on any atom is -0.371 e. The molecule has 110 valence electrons. The maximum atomic E-state index is 11.3. The highest BCUT2D eigenvalue weighted by molar-refractivity contribution is 7.85. The summed E-state index contributed by atoms with van der Waals surface area (Å²) in [7, 11) is -0.543. The maximum Gasteiger partial charge on any atom is 0.0399 e. The highest BCUT2D eigenvalue weighted by Crippen LogP contribution is 2.27. The van der Waals surface area contributed by atoms with Crippen LogP contribution in [0.2, 0.25) is 0 Å². The van der Waals surface area contributed by atoms with E-state index < -0.39 is 10.8 Å². The van der Waals surface area contributed by atoms with Crippen LogP contribution in [0.15, 0.2) is 24.3 Å². The molecule has 1 saturated heterocycles. The van der Waals surface area contributed by atoms with E-state index in [1.54, 1.807) is 0 Å². The Kier molecular flexibility index (Phi) is 4.73. The third-order valence-electron chi connectivity index (χ3n) is 4.41. The molecule has 1 aromatic carbocycles.